The second-order valence-corrected chi connectivity index (χ2v) is 9.27. The molecule has 156 valence electrons. The number of carbonyl (C=O) groups excluding carboxylic acids is 2. The maximum absolute atomic E-state index is 12.7. The molecule has 2 aromatic rings. The first kappa shape index (κ1) is 21.4. The summed E-state index contributed by atoms with van der Waals surface area (Å²) in [5, 5.41) is 15.9. The number of thiophene rings is 1. The third-order valence-corrected chi connectivity index (χ3v) is 5.93. The lowest BCUT2D eigenvalue weighted by atomic mass is 10.0. The number of hydrogen-bond acceptors (Lipinski definition) is 6. The van der Waals surface area contributed by atoms with Crippen molar-refractivity contribution in [2.45, 2.75) is 32.2 Å². The molecular formula is C20H24ClN3O4S. The van der Waals surface area contributed by atoms with E-state index in [-0.39, 0.29) is 5.75 Å². The number of phenolic OH excluding ortho intramolecular Hbond substituents is 1. The molecular weight excluding hydrogens is 414 g/mol. The SMILES string of the molecule is CN1CCc2cc(O)c(NC(=O)C(C)(C)NC(=O)Oc3ccc(Cl)s3)cc2CC1. The van der Waals surface area contributed by atoms with E-state index < -0.39 is 17.5 Å². The maximum Gasteiger partial charge on any atom is 0.414 e. The summed E-state index contributed by atoms with van der Waals surface area (Å²) in [6.07, 6.45) is 0.920. The Morgan fingerprint density at radius 2 is 1.86 bits per heavy atom. The highest BCUT2D eigenvalue weighted by Crippen LogP contribution is 2.31. The number of aromatic hydroxyl groups is 1. The number of nitrogens with zero attached hydrogens (tertiary/aromatic N) is 1. The van der Waals surface area contributed by atoms with Gasteiger partial charge in [-0.05, 0) is 69.1 Å². The monoisotopic (exact) mass is 437 g/mol. The Labute approximate surface area is 178 Å². The van der Waals surface area contributed by atoms with Gasteiger partial charge in [0.1, 0.15) is 11.3 Å². The molecule has 2 amide bonds. The highest BCUT2D eigenvalue weighted by molar-refractivity contribution is 7.17. The van der Waals surface area contributed by atoms with Crippen molar-refractivity contribution in [1.29, 1.82) is 0 Å². The number of carbonyl (C=O) groups is 2. The first-order valence-electron chi connectivity index (χ1n) is 9.24. The molecule has 3 rings (SSSR count). The number of anilines is 1. The predicted octanol–water partition coefficient (Wildman–Crippen LogP) is 3.64. The number of benzene rings is 1. The number of likely N-dealkylation sites (N-methyl/N-ethyl adjacent to an activating group) is 1. The van der Waals surface area contributed by atoms with Gasteiger partial charge >= 0.3 is 6.09 Å². The van der Waals surface area contributed by atoms with Gasteiger partial charge < -0.3 is 25.4 Å². The zero-order valence-corrected chi connectivity index (χ0v) is 18.1. The molecule has 0 spiro atoms. The van der Waals surface area contributed by atoms with Crippen LogP contribution >= 0.6 is 22.9 Å². The van der Waals surface area contributed by atoms with Gasteiger partial charge in [0.15, 0.2) is 5.06 Å². The Morgan fingerprint density at radius 1 is 1.21 bits per heavy atom. The van der Waals surface area contributed by atoms with Gasteiger partial charge in [0.25, 0.3) is 0 Å². The molecule has 0 radical (unpaired) electrons. The largest absolute Gasteiger partial charge is 0.506 e. The van der Waals surface area contributed by atoms with Gasteiger partial charge in [-0.1, -0.05) is 22.9 Å². The molecule has 1 aliphatic heterocycles. The molecule has 0 atom stereocenters. The van der Waals surface area contributed by atoms with Crippen LogP contribution in [-0.2, 0) is 17.6 Å². The fourth-order valence-corrected chi connectivity index (χ4v) is 3.91. The van der Waals surface area contributed by atoms with Crippen LogP contribution in [0.1, 0.15) is 25.0 Å². The van der Waals surface area contributed by atoms with Gasteiger partial charge in [-0.25, -0.2) is 4.79 Å². The molecule has 0 bridgehead atoms. The number of rotatable bonds is 4. The minimum atomic E-state index is -1.27. The number of fused-ring (bicyclic) bond motifs is 1. The van der Waals surface area contributed by atoms with Crippen LogP contribution in [0.4, 0.5) is 10.5 Å². The smallest absolute Gasteiger partial charge is 0.414 e. The number of amides is 2. The average Bonchev–Trinajstić information content (AvgIpc) is 2.95. The van der Waals surface area contributed by atoms with Crippen LogP contribution in [0.5, 0.6) is 10.8 Å². The zero-order chi connectivity index (χ0) is 21.2. The van der Waals surface area contributed by atoms with Crippen LogP contribution in [0.15, 0.2) is 24.3 Å². The van der Waals surface area contributed by atoms with Crippen molar-refractivity contribution in [1.82, 2.24) is 10.2 Å². The van der Waals surface area contributed by atoms with E-state index in [9.17, 15) is 14.7 Å². The third-order valence-electron chi connectivity index (χ3n) is 4.82. The first-order chi connectivity index (χ1) is 13.6. The Hall–Kier alpha value is -2.29. The minimum Gasteiger partial charge on any atom is -0.506 e. The second-order valence-electron chi connectivity index (χ2n) is 7.59. The highest BCUT2D eigenvalue weighted by Gasteiger charge is 2.31. The van der Waals surface area contributed by atoms with E-state index >= 15 is 0 Å². The summed E-state index contributed by atoms with van der Waals surface area (Å²) in [4.78, 5) is 27.1. The molecule has 3 N–H and O–H groups in total. The van der Waals surface area contributed by atoms with E-state index in [0.717, 1.165) is 48.4 Å². The number of nitrogens with one attached hydrogen (secondary N) is 2. The van der Waals surface area contributed by atoms with Gasteiger partial charge in [0, 0.05) is 13.1 Å². The zero-order valence-electron chi connectivity index (χ0n) is 16.5. The van der Waals surface area contributed by atoms with Crippen LogP contribution in [0, 0.1) is 0 Å². The molecule has 0 saturated carbocycles. The second kappa shape index (κ2) is 8.61. The van der Waals surface area contributed by atoms with E-state index in [1.807, 2.05) is 6.07 Å². The summed E-state index contributed by atoms with van der Waals surface area (Å²) in [5.41, 5.74) is 1.24. The van der Waals surface area contributed by atoms with Crippen molar-refractivity contribution in [3.63, 3.8) is 0 Å². The lowest BCUT2D eigenvalue weighted by molar-refractivity contribution is -0.121. The van der Waals surface area contributed by atoms with Crippen molar-refractivity contribution >= 4 is 40.6 Å². The quantitative estimate of drug-likeness (QED) is 0.635. The summed E-state index contributed by atoms with van der Waals surface area (Å²) in [7, 11) is 2.06. The van der Waals surface area contributed by atoms with Gasteiger partial charge in [-0.2, -0.15) is 0 Å². The standard InChI is InChI=1S/C20H24ClN3O4S/c1-20(2,23-19(27)28-17-5-4-16(21)29-17)18(26)22-14-10-12-6-8-24(3)9-7-13(12)11-15(14)25/h4-5,10-11,25H,6-9H2,1-3H3,(H,22,26)(H,23,27). The average molecular weight is 438 g/mol. The van der Waals surface area contributed by atoms with Crippen molar-refractivity contribution in [2.75, 3.05) is 25.5 Å². The van der Waals surface area contributed by atoms with Crippen molar-refractivity contribution in [2.24, 2.45) is 0 Å². The van der Waals surface area contributed by atoms with Crippen molar-refractivity contribution in [3.8, 4) is 10.8 Å². The molecule has 0 fully saturated rings. The highest BCUT2D eigenvalue weighted by atomic mass is 35.5. The molecule has 0 unspecified atom stereocenters. The molecule has 0 saturated heterocycles. The van der Waals surface area contributed by atoms with Crippen LogP contribution in [-0.4, -0.2) is 47.7 Å². The van der Waals surface area contributed by atoms with E-state index in [0.29, 0.717) is 15.1 Å². The molecule has 29 heavy (non-hydrogen) atoms. The molecule has 1 aliphatic rings. The fraction of sp³-hybridized carbons (Fsp3) is 0.400. The molecule has 9 heteroatoms. The summed E-state index contributed by atoms with van der Waals surface area (Å²) in [6, 6.07) is 6.71. The number of phenols is 1. The van der Waals surface area contributed by atoms with Crippen LogP contribution in [0.25, 0.3) is 0 Å². The van der Waals surface area contributed by atoms with Gasteiger partial charge in [-0.3, -0.25) is 4.79 Å². The summed E-state index contributed by atoms with van der Waals surface area (Å²) in [5.74, 6) is -0.465. The summed E-state index contributed by atoms with van der Waals surface area (Å²) < 4.78 is 5.64. The van der Waals surface area contributed by atoms with Crippen LogP contribution in [0.2, 0.25) is 4.34 Å². The minimum absolute atomic E-state index is 0.00765. The maximum atomic E-state index is 12.7. The van der Waals surface area contributed by atoms with Gasteiger partial charge in [0.2, 0.25) is 5.91 Å². The normalized spacial score (nSPS) is 14.6. The van der Waals surface area contributed by atoms with Crippen LogP contribution in [0.3, 0.4) is 0 Å². The third kappa shape index (κ3) is 5.41. The van der Waals surface area contributed by atoms with E-state index in [1.165, 1.54) is 0 Å². The summed E-state index contributed by atoms with van der Waals surface area (Å²) >= 11 is 6.93. The number of ether oxygens (including phenoxy) is 1. The van der Waals surface area contributed by atoms with Gasteiger partial charge in [-0.15, -0.1) is 0 Å². The first-order valence-corrected chi connectivity index (χ1v) is 10.4. The summed E-state index contributed by atoms with van der Waals surface area (Å²) in [6.45, 7) is 4.95. The Bertz CT molecular complexity index is 928. The lowest BCUT2D eigenvalue weighted by Gasteiger charge is -2.25. The molecule has 0 aliphatic carbocycles. The molecule has 7 nitrogen and oxygen atoms in total. The Kier molecular flexibility index (Phi) is 6.36. The Morgan fingerprint density at radius 3 is 2.48 bits per heavy atom. The number of hydrogen-bond donors (Lipinski definition) is 3. The topological polar surface area (TPSA) is 90.9 Å². The lowest BCUT2D eigenvalue weighted by Crippen LogP contribution is -2.53. The fourth-order valence-electron chi connectivity index (χ4n) is 3.04. The van der Waals surface area contributed by atoms with E-state index in [1.54, 1.807) is 32.0 Å². The van der Waals surface area contributed by atoms with Crippen LogP contribution < -0.4 is 15.4 Å². The molecule has 1 aromatic carbocycles. The molecule has 1 aromatic heterocycles. The number of halogens is 1. The molecule has 2 heterocycles. The van der Waals surface area contributed by atoms with E-state index in [2.05, 4.69) is 22.6 Å². The van der Waals surface area contributed by atoms with Gasteiger partial charge in [0.05, 0.1) is 10.0 Å². The predicted molar refractivity (Wildman–Crippen MR) is 114 cm³/mol. The van der Waals surface area contributed by atoms with Crippen molar-refractivity contribution < 1.29 is 19.4 Å². The Balaban J connectivity index is 1.67. The van der Waals surface area contributed by atoms with E-state index in [4.69, 9.17) is 16.3 Å². The van der Waals surface area contributed by atoms with Crippen molar-refractivity contribution in [3.05, 3.63) is 39.7 Å².